The summed E-state index contributed by atoms with van der Waals surface area (Å²) in [4.78, 5) is 2.44. The van der Waals surface area contributed by atoms with Gasteiger partial charge in [0.15, 0.2) is 0 Å². The number of piperidine rings is 1. The Morgan fingerprint density at radius 3 is 2.53 bits per heavy atom. The fraction of sp³-hybridized carbons (Fsp3) is 1.00. The van der Waals surface area contributed by atoms with Gasteiger partial charge in [0.05, 0.1) is 0 Å². The Bertz CT molecular complexity index is 196. The van der Waals surface area contributed by atoms with Crippen LogP contribution in [0, 0.1) is 11.3 Å². The Morgan fingerprint density at radius 2 is 1.94 bits per heavy atom. The van der Waals surface area contributed by atoms with Crippen molar-refractivity contribution in [3.8, 4) is 0 Å². The van der Waals surface area contributed by atoms with Crippen LogP contribution in [0.3, 0.4) is 0 Å². The number of hydrogen-bond donors (Lipinski definition) is 2. The molecule has 1 saturated heterocycles. The van der Waals surface area contributed by atoms with Crippen molar-refractivity contribution in [3.05, 3.63) is 0 Å². The minimum atomic E-state index is 0.349. The van der Waals surface area contributed by atoms with E-state index in [0.29, 0.717) is 5.41 Å². The van der Waals surface area contributed by atoms with Crippen molar-refractivity contribution in [1.29, 1.82) is 0 Å². The van der Waals surface area contributed by atoms with Gasteiger partial charge in [-0.05, 0) is 70.2 Å². The van der Waals surface area contributed by atoms with Gasteiger partial charge < -0.3 is 16.0 Å². The van der Waals surface area contributed by atoms with Gasteiger partial charge in [-0.3, -0.25) is 0 Å². The van der Waals surface area contributed by atoms with Crippen molar-refractivity contribution in [2.24, 2.45) is 17.1 Å². The Morgan fingerprint density at radius 1 is 1.29 bits per heavy atom. The molecule has 1 heterocycles. The van der Waals surface area contributed by atoms with E-state index in [1.807, 2.05) is 0 Å². The monoisotopic (exact) mass is 241 g/mol. The van der Waals surface area contributed by atoms with E-state index in [4.69, 9.17) is 5.73 Å². The lowest BCUT2D eigenvalue weighted by Gasteiger charge is -2.29. The zero-order valence-corrected chi connectivity index (χ0v) is 12.0. The van der Waals surface area contributed by atoms with Crippen molar-refractivity contribution in [2.45, 2.75) is 39.5 Å². The smallest absolute Gasteiger partial charge is 0.000299 e. The normalized spacial score (nSPS) is 19.8. The molecule has 3 heteroatoms. The largest absolute Gasteiger partial charge is 0.330 e. The summed E-state index contributed by atoms with van der Waals surface area (Å²) in [7, 11) is 2.23. The number of nitrogens with two attached hydrogens (primary N) is 1. The van der Waals surface area contributed by atoms with Gasteiger partial charge in [-0.2, -0.15) is 0 Å². The quantitative estimate of drug-likeness (QED) is 0.666. The van der Waals surface area contributed by atoms with Gasteiger partial charge in [-0.15, -0.1) is 0 Å². The van der Waals surface area contributed by atoms with Crippen molar-refractivity contribution in [2.75, 3.05) is 39.8 Å². The molecule has 0 saturated carbocycles. The molecule has 17 heavy (non-hydrogen) atoms. The van der Waals surface area contributed by atoms with Gasteiger partial charge in [0.25, 0.3) is 0 Å². The first-order valence-electron chi connectivity index (χ1n) is 7.13. The predicted octanol–water partition coefficient (Wildman–Crippen LogP) is 1.68. The standard InChI is InChI=1S/C14H31N3/c1-14(2,7-8-15)12-16-9-4-13-5-10-17(3)11-6-13/h13,16H,4-12,15H2,1-3H3. The molecule has 3 N–H and O–H groups in total. The minimum absolute atomic E-state index is 0.349. The third kappa shape index (κ3) is 6.39. The van der Waals surface area contributed by atoms with Crippen LogP contribution in [-0.4, -0.2) is 44.7 Å². The lowest BCUT2D eigenvalue weighted by Crippen LogP contribution is -2.34. The van der Waals surface area contributed by atoms with Crippen LogP contribution >= 0.6 is 0 Å². The van der Waals surface area contributed by atoms with Gasteiger partial charge in [-0.25, -0.2) is 0 Å². The van der Waals surface area contributed by atoms with Crippen LogP contribution < -0.4 is 11.1 Å². The molecular weight excluding hydrogens is 210 g/mol. The Hall–Kier alpha value is -0.120. The van der Waals surface area contributed by atoms with Gasteiger partial charge in [0.2, 0.25) is 0 Å². The first-order chi connectivity index (χ1) is 8.03. The molecule has 3 nitrogen and oxygen atoms in total. The number of nitrogens with one attached hydrogen (secondary N) is 1. The molecule has 0 spiro atoms. The molecular formula is C14H31N3. The maximum atomic E-state index is 5.62. The highest BCUT2D eigenvalue weighted by molar-refractivity contribution is 4.74. The molecule has 102 valence electrons. The SMILES string of the molecule is CN1CCC(CCNCC(C)(C)CCN)CC1. The third-order valence-electron chi connectivity index (χ3n) is 3.99. The molecule has 0 unspecified atom stereocenters. The molecule has 0 aromatic rings. The zero-order valence-electron chi connectivity index (χ0n) is 12.0. The summed E-state index contributed by atoms with van der Waals surface area (Å²) in [5.41, 5.74) is 5.97. The average Bonchev–Trinajstić information content (AvgIpc) is 2.27. The summed E-state index contributed by atoms with van der Waals surface area (Å²) in [6.45, 7) is 10.2. The van der Waals surface area contributed by atoms with E-state index in [0.717, 1.165) is 25.4 Å². The number of likely N-dealkylation sites (tertiary alicyclic amines) is 1. The lowest BCUT2D eigenvalue weighted by molar-refractivity contribution is 0.209. The summed E-state index contributed by atoms with van der Waals surface area (Å²) in [5.74, 6) is 0.941. The van der Waals surface area contributed by atoms with Crippen LogP contribution in [0.15, 0.2) is 0 Å². The maximum Gasteiger partial charge on any atom is 0.000299 e. The Kier molecular flexibility index (Phi) is 6.45. The van der Waals surface area contributed by atoms with Gasteiger partial charge >= 0.3 is 0 Å². The second-order valence-electron chi connectivity index (χ2n) is 6.41. The maximum absolute atomic E-state index is 5.62. The van der Waals surface area contributed by atoms with E-state index >= 15 is 0 Å². The van der Waals surface area contributed by atoms with Gasteiger partial charge in [-0.1, -0.05) is 13.8 Å². The van der Waals surface area contributed by atoms with E-state index in [-0.39, 0.29) is 0 Å². The summed E-state index contributed by atoms with van der Waals surface area (Å²) >= 11 is 0. The Balaban J connectivity index is 2.04. The van der Waals surface area contributed by atoms with Crippen LogP contribution in [0.5, 0.6) is 0 Å². The van der Waals surface area contributed by atoms with Gasteiger partial charge in [0.1, 0.15) is 0 Å². The summed E-state index contributed by atoms with van der Waals surface area (Å²) in [6.07, 6.45) is 5.20. The first kappa shape index (κ1) is 14.9. The number of nitrogens with zero attached hydrogens (tertiary/aromatic N) is 1. The van der Waals surface area contributed by atoms with Crippen LogP contribution in [0.25, 0.3) is 0 Å². The average molecular weight is 241 g/mol. The fourth-order valence-corrected chi connectivity index (χ4v) is 2.56. The van der Waals surface area contributed by atoms with Crippen molar-refractivity contribution < 1.29 is 0 Å². The topological polar surface area (TPSA) is 41.3 Å². The predicted molar refractivity (Wildman–Crippen MR) is 75.2 cm³/mol. The highest BCUT2D eigenvalue weighted by Gasteiger charge is 2.18. The molecule has 0 aromatic carbocycles. The number of rotatable bonds is 7. The van der Waals surface area contributed by atoms with Crippen LogP contribution in [0.2, 0.25) is 0 Å². The number of hydrogen-bond acceptors (Lipinski definition) is 3. The molecule has 0 amide bonds. The zero-order chi connectivity index (χ0) is 12.7. The lowest BCUT2D eigenvalue weighted by atomic mass is 9.89. The van der Waals surface area contributed by atoms with Crippen molar-refractivity contribution in [3.63, 3.8) is 0 Å². The molecule has 0 bridgehead atoms. The van der Waals surface area contributed by atoms with Crippen LogP contribution in [0.1, 0.15) is 39.5 Å². The molecule has 0 aliphatic carbocycles. The molecule has 1 fully saturated rings. The third-order valence-corrected chi connectivity index (χ3v) is 3.99. The van der Waals surface area contributed by atoms with E-state index in [9.17, 15) is 0 Å². The molecule has 0 atom stereocenters. The highest BCUT2D eigenvalue weighted by atomic mass is 15.1. The van der Waals surface area contributed by atoms with Gasteiger partial charge in [0, 0.05) is 6.54 Å². The molecule has 1 aliphatic rings. The second kappa shape index (κ2) is 7.34. The van der Waals surface area contributed by atoms with E-state index < -0.39 is 0 Å². The second-order valence-corrected chi connectivity index (χ2v) is 6.41. The minimum Gasteiger partial charge on any atom is -0.330 e. The summed E-state index contributed by atoms with van der Waals surface area (Å²) in [5, 5.41) is 3.60. The Labute approximate surface area is 107 Å². The first-order valence-corrected chi connectivity index (χ1v) is 7.13. The van der Waals surface area contributed by atoms with Crippen LogP contribution in [0.4, 0.5) is 0 Å². The van der Waals surface area contributed by atoms with E-state index in [2.05, 4.69) is 31.1 Å². The molecule has 1 rings (SSSR count). The fourth-order valence-electron chi connectivity index (χ4n) is 2.56. The van der Waals surface area contributed by atoms with Crippen LogP contribution in [-0.2, 0) is 0 Å². The van der Waals surface area contributed by atoms with E-state index in [1.165, 1.54) is 38.9 Å². The highest BCUT2D eigenvalue weighted by Crippen LogP contribution is 2.20. The molecule has 0 radical (unpaired) electrons. The van der Waals surface area contributed by atoms with E-state index in [1.54, 1.807) is 0 Å². The summed E-state index contributed by atoms with van der Waals surface area (Å²) in [6, 6.07) is 0. The van der Waals surface area contributed by atoms with Crippen molar-refractivity contribution >= 4 is 0 Å². The summed E-state index contributed by atoms with van der Waals surface area (Å²) < 4.78 is 0. The molecule has 1 aliphatic heterocycles. The molecule has 0 aromatic heterocycles. The van der Waals surface area contributed by atoms with Crippen molar-refractivity contribution in [1.82, 2.24) is 10.2 Å².